The number of aromatic nitrogens is 2. The highest BCUT2D eigenvalue weighted by molar-refractivity contribution is 5.92. The molecule has 1 heterocycles. The van der Waals surface area contributed by atoms with Crippen LogP contribution in [-0.2, 0) is 6.54 Å². The lowest BCUT2D eigenvalue weighted by atomic mass is 10.2. The molecule has 1 aromatic heterocycles. The number of carbonyl (C=O) groups is 1. The van der Waals surface area contributed by atoms with Gasteiger partial charge in [0.25, 0.3) is 5.91 Å². The zero-order valence-electron chi connectivity index (χ0n) is 9.96. The summed E-state index contributed by atoms with van der Waals surface area (Å²) in [6, 6.07) is 5.43. The average Bonchev–Trinajstić information content (AvgIpc) is 2.76. The lowest BCUT2D eigenvalue weighted by Crippen LogP contribution is -2.09. The number of nitrogens with zero attached hydrogens (tertiary/aromatic N) is 2. The summed E-state index contributed by atoms with van der Waals surface area (Å²) in [6.45, 7) is 0.495. The molecular formula is C12H14N4O2. The molecule has 0 aliphatic heterocycles. The Morgan fingerprint density at radius 2 is 2.22 bits per heavy atom. The van der Waals surface area contributed by atoms with Gasteiger partial charge in [-0.05, 0) is 17.7 Å². The fourth-order valence-electron chi connectivity index (χ4n) is 1.66. The van der Waals surface area contributed by atoms with Crippen LogP contribution in [0.1, 0.15) is 15.9 Å². The highest BCUT2D eigenvalue weighted by atomic mass is 16.5. The number of nitrogen functional groups attached to an aromatic ring is 1. The number of anilines is 1. The van der Waals surface area contributed by atoms with Gasteiger partial charge in [-0.25, -0.2) is 0 Å². The molecule has 4 N–H and O–H groups in total. The maximum Gasteiger partial charge on any atom is 0.251 e. The standard InChI is InChI=1S/C12H14N4O2/c1-18-11-3-8(2-10(13)4-11)6-16-7-9(5-15-16)12(14)17/h2-5,7H,6,13H2,1H3,(H2,14,17). The molecule has 0 aliphatic rings. The maximum atomic E-state index is 11.0. The minimum absolute atomic E-state index is 0.380. The van der Waals surface area contributed by atoms with Crippen molar-refractivity contribution in [2.75, 3.05) is 12.8 Å². The van der Waals surface area contributed by atoms with E-state index in [-0.39, 0.29) is 0 Å². The van der Waals surface area contributed by atoms with Gasteiger partial charge in [-0.1, -0.05) is 0 Å². The van der Waals surface area contributed by atoms with Crippen LogP contribution in [0, 0.1) is 0 Å². The first kappa shape index (κ1) is 12.0. The van der Waals surface area contributed by atoms with Crippen LogP contribution in [0.4, 0.5) is 5.69 Å². The molecular weight excluding hydrogens is 232 g/mol. The van der Waals surface area contributed by atoms with E-state index < -0.39 is 5.91 Å². The molecule has 0 unspecified atom stereocenters. The molecule has 6 heteroatoms. The molecule has 0 bridgehead atoms. The Morgan fingerprint density at radius 3 is 2.83 bits per heavy atom. The third-order valence-corrected chi connectivity index (χ3v) is 2.49. The number of benzene rings is 1. The second-order valence-electron chi connectivity index (χ2n) is 3.91. The molecule has 6 nitrogen and oxygen atoms in total. The van der Waals surface area contributed by atoms with Crippen molar-refractivity contribution < 1.29 is 9.53 Å². The summed E-state index contributed by atoms with van der Waals surface area (Å²) < 4.78 is 6.75. The first-order valence-corrected chi connectivity index (χ1v) is 5.34. The molecule has 0 fully saturated rings. The number of hydrogen-bond donors (Lipinski definition) is 2. The molecule has 0 saturated carbocycles. The number of rotatable bonds is 4. The number of primary amides is 1. The van der Waals surface area contributed by atoms with Gasteiger partial charge in [0, 0.05) is 18.0 Å². The van der Waals surface area contributed by atoms with Gasteiger partial charge in [0.1, 0.15) is 5.75 Å². The average molecular weight is 246 g/mol. The van der Waals surface area contributed by atoms with E-state index in [0.29, 0.717) is 23.5 Å². The third-order valence-electron chi connectivity index (χ3n) is 2.49. The van der Waals surface area contributed by atoms with E-state index in [0.717, 1.165) is 5.56 Å². The summed E-state index contributed by atoms with van der Waals surface area (Å²) in [5, 5.41) is 4.05. The molecule has 1 amide bonds. The van der Waals surface area contributed by atoms with Gasteiger partial charge in [0.05, 0.1) is 25.4 Å². The van der Waals surface area contributed by atoms with Crippen LogP contribution in [0.2, 0.25) is 0 Å². The van der Waals surface area contributed by atoms with Gasteiger partial charge < -0.3 is 16.2 Å². The van der Waals surface area contributed by atoms with E-state index in [1.54, 1.807) is 24.1 Å². The van der Waals surface area contributed by atoms with Crippen LogP contribution in [0.5, 0.6) is 5.75 Å². The second-order valence-corrected chi connectivity index (χ2v) is 3.91. The molecule has 94 valence electrons. The molecule has 0 radical (unpaired) electrons. The molecule has 2 aromatic rings. The summed E-state index contributed by atoms with van der Waals surface area (Å²) in [6.07, 6.45) is 3.03. The lowest BCUT2D eigenvalue weighted by molar-refractivity contribution is 0.1000. The van der Waals surface area contributed by atoms with Gasteiger partial charge in [0.15, 0.2) is 0 Å². The smallest absolute Gasteiger partial charge is 0.251 e. The van der Waals surface area contributed by atoms with Crippen LogP contribution >= 0.6 is 0 Å². The van der Waals surface area contributed by atoms with Crippen molar-refractivity contribution in [2.24, 2.45) is 5.73 Å². The number of methoxy groups -OCH3 is 1. The van der Waals surface area contributed by atoms with E-state index in [9.17, 15) is 4.79 Å². The predicted octanol–water partition coefficient (Wildman–Crippen LogP) is 0.621. The maximum absolute atomic E-state index is 11.0. The number of carbonyl (C=O) groups excluding carboxylic acids is 1. The normalized spacial score (nSPS) is 10.3. The Morgan fingerprint density at radius 1 is 1.44 bits per heavy atom. The first-order valence-electron chi connectivity index (χ1n) is 5.34. The topological polar surface area (TPSA) is 96.2 Å². The van der Waals surface area contributed by atoms with Crippen molar-refractivity contribution >= 4 is 11.6 Å². The van der Waals surface area contributed by atoms with E-state index >= 15 is 0 Å². The Bertz CT molecular complexity index is 577. The fraction of sp³-hybridized carbons (Fsp3) is 0.167. The van der Waals surface area contributed by atoms with Crippen molar-refractivity contribution in [3.05, 3.63) is 41.7 Å². The third kappa shape index (κ3) is 2.60. The van der Waals surface area contributed by atoms with Crippen LogP contribution in [-0.4, -0.2) is 22.8 Å². The summed E-state index contributed by atoms with van der Waals surface area (Å²) in [4.78, 5) is 11.0. The number of hydrogen-bond acceptors (Lipinski definition) is 4. The monoisotopic (exact) mass is 246 g/mol. The van der Waals surface area contributed by atoms with Gasteiger partial charge in [-0.2, -0.15) is 5.10 Å². The molecule has 2 rings (SSSR count). The highest BCUT2D eigenvalue weighted by Crippen LogP contribution is 2.19. The van der Waals surface area contributed by atoms with E-state index in [1.807, 2.05) is 12.1 Å². The lowest BCUT2D eigenvalue weighted by Gasteiger charge is -2.06. The second kappa shape index (κ2) is 4.79. The number of nitrogens with two attached hydrogens (primary N) is 2. The first-order chi connectivity index (χ1) is 8.58. The molecule has 0 saturated heterocycles. The van der Waals surface area contributed by atoms with Gasteiger partial charge >= 0.3 is 0 Å². The SMILES string of the molecule is COc1cc(N)cc(Cn2cc(C(N)=O)cn2)c1. The van der Waals surface area contributed by atoms with E-state index in [1.165, 1.54) is 6.20 Å². The Kier molecular flexibility index (Phi) is 3.18. The van der Waals surface area contributed by atoms with Crippen LogP contribution in [0.25, 0.3) is 0 Å². The van der Waals surface area contributed by atoms with Gasteiger partial charge in [-0.15, -0.1) is 0 Å². The summed E-state index contributed by atoms with van der Waals surface area (Å²) in [5.74, 6) is 0.193. The van der Waals surface area contributed by atoms with Crippen molar-refractivity contribution in [1.82, 2.24) is 9.78 Å². The van der Waals surface area contributed by atoms with Crippen molar-refractivity contribution in [3.63, 3.8) is 0 Å². The predicted molar refractivity (Wildman–Crippen MR) is 67.3 cm³/mol. The molecule has 18 heavy (non-hydrogen) atoms. The van der Waals surface area contributed by atoms with Crippen molar-refractivity contribution in [1.29, 1.82) is 0 Å². The summed E-state index contributed by atoms with van der Waals surface area (Å²) in [5.41, 5.74) is 12.9. The molecule has 0 spiro atoms. The minimum Gasteiger partial charge on any atom is -0.497 e. The summed E-state index contributed by atoms with van der Waals surface area (Å²) >= 11 is 0. The van der Waals surface area contributed by atoms with Gasteiger partial charge in [-0.3, -0.25) is 9.48 Å². The number of amides is 1. The fourth-order valence-corrected chi connectivity index (χ4v) is 1.66. The zero-order chi connectivity index (χ0) is 13.1. The zero-order valence-corrected chi connectivity index (χ0v) is 9.96. The largest absolute Gasteiger partial charge is 0.497 e. The van der Waals surface area contributed by atoms with E-state index in [4.69, 9.17) is 16.2 Å². The summed E-state index contributed by atoms with van der Waals surface area (Å²) in [7, 11) is 1.58. The molecule has 0 aliphatic carbocycles. The van der Waals surface area contributed by atoms with Crippen molar-refractivity contribution in [3.8, 4) is 5.75 Å². The van der Waals surface area contributed by atoms with Gasteiger partial charge in [0.2, 0.25) is 0 Å². The van der Waals surface area contributed by atoms with Crippen LogP contribution in [0.3, 0.4) is 0 Å². The van der Waals surface area contributed by atoms with Crippen molar-refractivity contribution in [2.45, 2.75) is 6.54 Å². The van der Waals surface area contributed by atoms with Crippen LogP contribution in [0.15, 0.2) is 30.6 Å². The van der Waals surface area contributed by atoms with E-state index in [2.05, 4.69) is 5.10 Å². The quantitative estimate of drug-likeness (QED) is 0.773. The van der Waals surface area contributed by atoms with Crippen LogP contribution < -0.4 is 16.2 Å². The Labute approximate surface area is 104 Å². The highest BCUT2D eigenvalue weighted by Gasteiger charge is 2.05. The Balaban J connectivity index is 2.22. The molecule has 0 atom stereocenters. The Hall–Kier alpha value is -2.50. The number of ether oxygens (including phenoxy) is 1. The molecule has 1 aromatic carbocycles. The minimum atomic E-state index is -0.494.